The maximum atomic E-state index is 11.0. The van der Waals surface area contributed by atoms with Crippen molar-refractivity contribution in [1.29, 1.82) is 0 Å². The number of imidazole rings is 1. The van der Waals surface area contributed by atoms with Gasteiger partial charge in [-0.1, -0.05) is 19.4 Å². The number of pyridine rings is 1. The number of carbonyl (C=O) groups is 1. The minimum Gasteiger partial charge on any atom is -0.298 e. The number of aldehydes is 1. The summed E-state index contributed by atoms with van der Waals surface area (Å²) in [5, 5.41) is 0. The van der Waals surface area contributed by atoms with Gasteiger partial charge in [0, 0.05) is 5.56 Å². The van der Waals surface area contributed by atoms with Crippen molar-refractivity contribution in [2.45, 2.75) is 19.8 Å². The Morgan fingerprint density at radius 3 is 3.11 bits per heavy atom. The van der Waals surface area contributed by atoms with Crippen LogP contribution < -0.4 is 0 Å². The largest absolute Gasteiger partial charge is 0.298 e. The lowest BCUT2D eigenvalue weighted by Crippen LogP contribution is -1.85. The molecule has 0 aliphatic rings. The Labute approximate surface area is 105 Å². The Balaban J connectivity index is 2.20. The van der Waals surface area contributed by atoms with Crippen LogP contribution in [0.15, 0.2) is 36.0 Å². The average Bonchev–Trinajstić information content (AvgIpc) is 2.95. The summed E-state index contributed by atoms with van der Waals surface area (Å²) in [5.41, 5.74) is 5.04. The van der Waals surface area contributed by atoms with Gasteiger partial charge < -0.3 is 0 Å². The minimum absolute atomic E-state index is 0.819. The van der Waals surface area contributed by atoms with Crippen molar-refractivity contribution < 1.29 is 4.79 Å². The molecule has 0 N–H and O–H groups in total. The quantitative estimate of drug-likeness (QED) is 0.516. The van der Waals surface area contributed by atoms with E-state index in [1.54, 1.807) is 0 Å². The summed E-state index contributed by atoms with van der Waals surface area (Å²) in [6, 6.07) is 8.14. The molecule has 0 saturated heterocycles. The van der Waals surface area contributed by atoms with Gasteiger partial charge in [0.1, 0.15) is 11.9 Å². The molecule has 0 aliphatic heterocycles. The van der Waals surface area contributed by atoms with Gasteiger partial charge in [0.15, 0.2) is 0 Å². The van der Waals surface area contributed by atoms with Crippen LogP contribution in [0.25, 0.3) is 22.8 Å². The molecule has 3 nitrogen and oxygen atoms in total. The van der Waals surface area contributed by atoms with Crippen LogP contribution in [0.4, 0.5) is 0 Å². The second-order valence-corrected chi connectivity index (χ2v) is 4.47. The molecule has 0 amide bonds. The first-order chi connectivity index (χ1) is 8.83. The third-order valence-corrected chi connectivity index (χ3v) is 3.19. The van der Waals surface area contributed by atoms with Crippen molar-refractivity contribution in [3.05, 3.63) is 41.6 Å². The van der Waals surface area contributed by atoms with Crippen LogP contribution >= 0.6 is 0 Å². The lowest BCUT2D eigenvalue weighted by molar-refractivity contribution is -0.105. The lowest BCUT2D eigenvalue weighted by Gasteiger charge is -1.98. The number of allylic oxidation sites excluding steroid dienone is 1. The molecule has 0 fully saturated rings. The predicted molar refractivity (Wildman–Crippen MR) is 72.8 cm³/mol. The van der Waals surface area contributed by atoms with Gasteiger partial charge in [-0.2, -0.15) is 0 Å². The maximum absolute atomic E-state index is 11.0. The van der Waals surface area contributed by atoms with E-state index in [1.165, 1.54) is 0 Å². The van der Waals surface area contributed by atoms with Crippen LogP contribution in [-0.2, 0) is 4.79 Å². The number of hydrogen-bond acceptors (Lipinski definition) is 2. The van der Waals surface area contributed by atoms with Gasteiger partial charge in [-0.25, -0.2) is 4.98 Å². The van der Waals surface area contributed by atoms with Crippen molar-refractivity contribution in [1.82, 2.24) is 9.38 Å². The predicted octanol–water partition coefficient (Wildman–Crippen LogP) is 3.31. The number of nitrogens with zero attached hydrogens (tertiary/aromatic N) is 2. The van der Waals surface area contributed by atoms with Gasteiger partial charge in [-0.15, -0.1) is 0 Å². The van der Waals surface area contributed by atoms with Crippen LogP contribution in [0.2, 0.25) is 0 Å². The molecular formula is C15H14N2O. The van der Waals surface area contributed by atoms with E-state index in [2.05, 4.69) is 22.4 Å². The Bertz CT molecular complexity index is 719. The van der Waals surface area contributed by atoms with Crippen molar-refractivity contribution in [2.24, 2.45) is 0 Å². The molecule has 0 bridgehead atoms. The van der Waals surface area contributed by atoms with Crippen molar-refractivity contribution in [2.75, 3.05) is 0 Å². The number of rotatable bonds is 4. The number of aromatic nitrogens is 2. The average molecular weight is 238 g/mol. The van der Waals surface area contributed by atoms with E-state index in [-0.39, 0.29) is 0 Å². The zero-order chi connectivity index (χ0) is 12.5. The second kappa shape index (κ2) is 4.26. The molecule has 0 atom stereocenters. The molecule has 3 rings (SSSR count). The zero-order valence-corrected chi connectivity index (χ0v) is 10.3. The summed E-state index contributed by atoms with van der Waals surface area (Å²) < 4.78 is 2.11. The maximum Gasteiger partial charge on any atom is 0.146 e. The fourth-order valence-electron chi connectivity index (χ4n) is 2.38. The van der Waals surface area contributed by atoms with Crippen LogP contribution in [0.5, 0.6) is 0 Å². The summed E-state index contributed by atoms with van der Waals surface area (Å²) in [6.45, 7) is 2.08. The molecule has 3 aromatic heterocycles. The molecular weight excluding hydrogens is 224 g/mol. The van der Waals surface area contributed by atoms with Gasteiger partial charge >= 0.3 is 0 Å². The molecule has 0 saturated carbocycles. The van der Waals surface area contributed by atoms with E-state index in [9.17, 15) is 4.79 Å². The zero-order valence-electron chi connectivity index (χ0n) is 10.3. The van der Waals surface area contributed by atoms with Gasteiger partial charge in [0.25, 0.3) is 0 Å². The highest BCUT2D eigenvalue weighted by molar-refractivity contribution is 5.88. The molecule has 3 heterocycles. The molecule has 3 heteroatoms. The highest BCUT2D eigenvalue weighted by Crippen LogP contribution is 2.24. The van der Waals surface area contributed by atoms with E-state index in [1.807, 2.05) is 30.5 Å². The fraction of sp³-hybridized carbons (Fsp3) is 0.200. The SMILES string of the molecule is CCC/C(C=O)=C/c1cc2ncc3cccc1n32. The molecule has 0 radical (unpaired) electrons. The highest BCUT2D eigenvalue weighted by atomic mass is 16.1. The summed E-state index contributed by atoms with van der Waals surface area (Å²) >= 11 is 0. The summed E-state index contributed by atoms with van der Waals surface area (Å²) in [6.07, 6.45) is 6.58. The van der Waals surface area contributed by atoms with Gasteiger partial charge in [-0.05, 0) is 36.3 Å². The van der Waals surface area contributed by atoms with Crippen LogP contribution in [0, 0.1) is 0 Å². The van der Waals surface area contributed by atoms with Crippen molar-refractivity contribution in [3.63, 3.8) is 0 Å². The summed E-state index contributed by atoms with van der Waals surface area (Å²) in [5.74, 6) is 0. The fourth-order valence-corrected chi connectivity index (χ4v) is 2.38. The minimum atomic E-state index is 0.819. The molecule has 90 valence electrons. The first-order valence-electron chi connectivity index (χ1n) is 6.18. The Morgan fingerprint density at radius 1 is 1.44 bits per heavy atom. The second-order valence-electron chi connectivity index (χ2n) is 4.47. The van der Waals surface area contributed by atoms with Gasteiger partial charge in [0.05, 0.1) is 17.2 Å². The molecule has 18 heavy (non-hydrogen) atoms. The third-order valence-electron chi connectivity index (χ3n) is 3.19. The Morgan fingerprint density at radius 2 is 2.33 bits per heavy atom. The molecule has 0 unspecified atom stereocenters. The lowest BCUT2D eigenvalue weighted by atomic mass is 10.1. The number of carbonyl (C=O) groups excluding carboxylic acids is 1. The molecule has 0 aromatic carbocycles. The summed E-state index contributed by atoms with van der Waals surface area (Å²) in [7, 11) is 0. The van der Waals surface area contributed by atoms with E-state index in [4.69, 9.17) is 0 Å². The van der Waals surface area contributed by atoms with E-state index in [0.29, 0.717) is 0 Å². The van der Waals surface area contributed by atoms with E-state index < -0.39 is 0 Å². The van der Waals surface area contributed by atoms with E-state index >= 15 is 0 Å². The monoisotopic (exact) mass is 238 g/mol. The van der Waals surface area contributed by atoms with Crippen LogP contribution in [0.3, 0.4) is 0 Å². The van der Waals surface area contributed by atoms with Gasteiger partial charge in [-0.3, -0.25) is 9.20 Å². The topological polar surface area (TPSA) is 34.4 Å². The number of hydrogen-bond donors (Lipinski definition) is 0. The van der Waals surface area contributed by atoms with Gasteiger partial charge in [0.2, 0.25) is 0 Å². The summed E-state index contributed by atoms with van der Waals surface area (Å²) in [4.78, 5) is 15.4. The highest BCUT2D eigenvalue weighted by Gasteiger charge is 2.09. The van der Waals surface area contributed by atoms with E-state index in [0.717, 1.165) is 46.9 Å². The molecule has 0 spiro atoms. The van der Waals surface area contributed by atoms with Crippen molar-refractivity contribution >= 4 is 29.0 Å². The molecule has 0 aliphatic carbocycles. The molecule has 3 aromatic rings. The van der Waals surface area contributed by atoms with Crippen LogP contribution in [-0.4, -0.2) is 15.7 Å². The van der Waals surface area contributed by atoms with Crippen molar-refractivity contribution in [3.8, 4) is 0 Å². The first-order valence-corrected chi connectivity index (χ1v) is 6.18. The third kappa shape index (κ3) is 1.59. The Kier molecular flexibility index (Phi) is 2.59. The van der Waals surface area contributed by atoms with Crippen LogP contribution in [0.1, 0.15) is 25.3 Å². The standard InChI is InChI=1S/C15H14N2O/c1-2-4-11(10-18)7-12-8-15-16-9-13-5-3-6-14(12)17(13)15/h3,5-10H,2,4H2,1H3/b11-7-. The normalized spacial score (nSPS) is 12.6. The smallest absolute Gasteiger partial charge is 0.146 e. The Hall–Kier alpha value is -2.16. The first kappa shape index (κ1) is 11.0.